The molecule has 8 nitrogen and oxygen atoms in total. The number of carbonyl (C=O) groups is 1. The first-order valence-corrected chi connectivity index (χ1v) is 14.1. The number of morpholine rings is 1. The van der Waals surface area contributed by atoms with Gasteiger partial charge in [-0.3, -0.25) is 9.10 Å². The van der Waals surface area contributed by atoms with Crippen molar-refractivity contribution in [2.45, 2.75) is 24.5 Å². The fourth-order valence-electron chi connectivity index (χ4n) is 4.24. The van der Waals surface area contributed by atoms with Crippen molar-refractivity contribution in [1.29, 1.82) is 0 Å². The highest BCUT2D eigenvalue weighted by atomic mass is 32.2. The fraction of sp³-hybridized carbons (Fsp3) is 0.286. The van der Waals surface area contributed by atoms with E-state index in [0.29, 0.717) is 48.9 Å². The van der Waals surface area contributed by atoms with Gasteiger partial charge in [0.15, 0.2) is 0 Å². The number of hydrogen-bond donors (Lipinski definition) is 1. The van der Waals surface area contributed by atoms with Gasteiger partial charge in [-0.2, -0.15) is 13.2 Å². The number of carbonyl (C=O) groups excluding carboxylic acids is 1. The number of benzene rings is 2. The number of rotatable bonds is 9. The Hall–Kier alpha value is -3.97. The van der Waals surface area contributed by atoms with Crippen molar-refractivity contribution in [1.82, 2.24) is 14.6 Å². The number of halogens is 4. The van der Waals surface area contributed by atoms with Gasteiger partial charge in [-0.05, 0) is 61.0 Å². The quantitative estimate of drug-likeness (QED) is 0.289. The van der Waals surface area contributed by atoms with Crippen LogP contribution in [-0.2, 0) is 32.3 Å². The summed E-state index contributed by atoms with van der Waals surface area (Å²) >= 11 is 0. The summed E-state index contributed by atoms with van der Waals surface area (Å²) in [6.07, 6.45) is -4.48. The molecule has 0 unspecified atom stereocenters. The maximum absolute atomic E-state index is 13.3. The Labute approximate surface area is 235 Å². The van der Waals surface area contributed by atoms with E-state index >= 15 is 0 Å². The zero-order valence-corrected chi connectivity index (χ0v) is 22.9. The highest BCUT2D eigenvalue weighted by Gasteiger charge is 2.30. The Bertz CT molecular complexity index is 1510. The fourth-order valence-corrected chi connectivity index (χ4v) is 5.69. The average Bonchev–Trinajstić information content (AvgIpc) is 2.96. The van der Waals surface area contributed by atoms with E-state index < -0.39 is 33.5 Å². The van der Waals surface area contributed by atoms with Gasteiger partial charge >= 0.3 is 6.18 Å². The van der Waals surface area contributed by atoms with Crippen molar-refractivity contribution < 1.29 is 35.5 Å². The summed E-state index contributed by atoms with van der Waals surface area (Å²) < 4.78 is 84.9. The normalized spacial score (nSPS) is 14.0. The second kappa shape index (κ2) is 12.3. The lowest BCUT2D eigenvalue weighted by molar-refractivity contribution is -0.137. The topological polar surface area (TPSA) is 91.8 Å². The second-order valence-corrected chi connectivity index (χ2v) is 11.0. The zero-order chi connectivity index (χ0) is 29.8. The van der Waals surface area contributed by atoms with Crippen LogP contribution in [0.1, 0.15) is 18.1 Å². The Morgan fingerprint density at radius 3 is 2.29 bits per heavy atom. The first-order chi connectivity index (χ1) is 19.4. The third-order valence-electron chi connectivity index (χ3n) is 6.42. The number of ether oxygens (including phenoxy) is 1. The monoisotopic (exact) mass is 592 g/mol. The lowest BCUT2D eigenvalue weighted by Crippen LogP contribution is -2.38. The predicted octanol–water partition coefficient (Wildman–Crippen LogP) is 4.58. The molecule has 0 saturated carbocycles. The molecule has 41 heavy (non-hydrogen) atoms. The van der Waals surface area contributed by atoms with E-state index in [1.165, 1.54) is 19.1 Å². The van der Waals surface area contributed by atoms with Crippen LogP contribution in [0.3, 0.4) is 0 Å². The molecular weight excluding hydrogens is 564 g/mol. The molecule has 1 N–H and O–H groups in total. The van der Waals surface area contributed by atoms with E-state index in [4.69, 9.17) is 4.74 Å². The Morgan fingerprint density at radius 1 is 1.07 bits per heavy atom. The van der Waals surface area contributed by atoms with E-state index in [-0.39, 0.29) is 23.7 Å². The zero-order valence-electron chi connectivity index (χ0n) is 22.1. The molecule has 218 valence electrons. The summed E-state index contributed by atoms with van der Waals surface area (Å²) in [6, 6.07) is 12.2. The van der Waals surface area contributed by atoms with Gasteiger partial charge in [0, 0.05) is 31.7 Å². The van der Waals surface area contributed by atoms with Gasteiger partial charge in [-0.1, -0.05) is 18.7 Å². The SMILES string of the molecule is C=C(C(=O)NCc1cc(-c2ccc(C(F)(F)F)cc2)nc(N2CCOCC2)c1)N(CC)S(=O)(=O)c1ccc(F)cc1. The molecule has 0 aliphatic carbocycles. The lowest BCUT2D eigenvalue weighted by Gasteiger charge is -2.28. The number of nitrogens with one attached hydrogen (secondary N) is 1. The van der Waals surface area contributed by atoms with E-state index in [0.717, 1.165) is 40.7 Å². The first-order valence-electron chi connectivity index (χ1n) is 12.7. The summed E-state index contributed by atoms with van der Waals surface area (Å²) in [6.45, 7) is 7.13. The summed E-state index contributed by atoms with van der Waals surface area (Å²) in [5, 5.41) is 2.66. The maximum Gasteiger partial charge on any atom is 0.416 e. The van der Waals surface area contributed by atoms with Gasteiger partial charge < -0.3 is 15.0 Å². The van der Waals surface area contributed by atoms with Crippen LogP contribution in [0, 0.1) is 5.82 Å². The molecule has 2 heterocycles. The van der Waals surface area contributed by atoms with E-state index in [9.17, 15) is 30.8 Å². The van der Waals surface area contributed by atoms with Gasteiger partial charge in [0.05, 0.1) is 29.4 Å². The van der Waals surface area contributed by atoms with Crippen LogP contribution in [0.25, 0.3) is 11.3 Å². The smallest absolute Gasteiger partial charge is 0.378 e. The van der Waals surface area contributed by atoms with Crippen molar-refractivity contribution in [2.75, 3.05) is 37.7 Å². The van der Waals surface area contributed by atoms with Gasteiger partial charge in [0.2, 0.25) is 0 Å². The predicted molar refractivity (Wildman–Crippen MR) is 145 cm³/mol. The van der Waals surface area contributed by atoms with Crippen molar-refractivity contribution >= 4 is 21.7 Å². The Kier molecular flexibility index (Phi) is 8.98. The minimum absolute atomic E-state index is 0.0422. The van der Waals surface area contributed by atoms with Crippen molar-refractivity contribution in [2.24, 2.45) is 0 Å². The van der Waals surface area contributed by atoms with Crippen molar-refractivity contribution in [3.8, 4) is 11.3 Å². The van der Waals surface area contributed by atoms with E-state index in [1.54, 1.807) is 12.1 Å². The molecule has 1 aromatic heterocycles. The number of amides is 1. The molecular formula is C28H28F4N4O4S. The first kappa shape index (κ1) is 30.0. The Morgan fingerprint density at radius 2 is 1.71 bits per heavy atom. The minimum atomic E-state index is -4.48. The summed E-state index contributed by atoms with van der Waals surface area (Å²) in [5.41, 5.74) is 0.324. The van der Waals surface area contributed by atoms with Gasteiger partial charge in [-0.25, -0.2) is 17.8 Å². The average molecular weight is 593 g/mol. The number of likely N-dealkylation sites (N-methyl/N-ethyl adjacent to an activating group) is 1. The third kappa shape index (κ3) is 7.03. The number of aromatic nitrogens is 1. The van der Waals surface area contributed by atoms with Gasteiger partial charge in [-0.15, -0.1) is 0 Å². The van der Waals surface area contributed by atoms with E-state index in [1.807, 2.05) is 4.90 Å². The largest absolute Gasteiger partial charge is 0.416 e. The molecule has 0 atom stereocenters. The van der Waals surface area contributed by atoms with E-state index in [2.05, 4.69) is 16.9 Å². The third-order valence-corrected chi connectivity index (χ3v) is 8.35. The highest BCUT2D eigenvalue weighted by molar-refractivity contribution is 7.89. The molecule has 13 heteroatoms. The molecule has 1 aliphatic rings. The Balaban J connectivity index is 1.56. The molecule has 1 fully saturated rings. The molecule has 0 radical (unpaired) electrons. The molecule has 1 aliphatic heterocycles. The van der Waals surface area contributed by atoms with Crippen LogP contribution in [-0.4, -0.2) is 56.5 Å². The molecule has 1 amide bonds. The van der Waals surface area contributed by atoms with Crippen LogP contribution in [0.5, 0.6) is 0 Å². The van der Waals surface area contributed by atoms with Crippen LogP contribution in [0.4, 0.5) is 23.4 Å². The summed E-state index contributed by atoms with van der Waals surface area (Å²) in [4.78, 5) is 19.4. The van der Waals surface area contributed by atoms with Crippen molar-refractivity contribution in [3.05, 3.63) is 89.9 Å². The van der Waals surface area contributed by atoms with Crippen LogP contribution >= 0.6 is 0 Å². The number of pyridine rings is 1. The minimum Gasteiger partial charge on any atom is -0.378 e. The molecule has 2 aromatic carbocycles. The van der Waals surface area contributed by atoms with Crippen LogP contribution < -0.4 is 10.2 Å². The van der Waals surface area contributed by atoms with Crippen molar-refractivity contribution in [3.63, 3.8) is 0 Å². The number of anilines is 1. The lowest BCUT2D eigenvalue weighted by atomic mass is 10.1. The summed E-state index contributed by atoms with van der Waals surface area (Å²) in [5.74, 6) is -0.797. The van der Waals surface area contributed by atoms with Crippen LogP contribution in [0.15, 0.2) is 77.8 Å². The molecule has 0 spiro atoms. The van der Waals surface area contributed by atoms with Crippen LogP contribution in [0.2, 0.25) is 0 Å². The number of alkyl halides is 3. The number of hydrogen-bond acceptors (Lipinski definition) is 6. The maximum atomic E-state index is 13.3. The molecule has 4 rings (SSSR count). The standard InChI is InChI=1S/C28H28F4N4O4S/c1-3-36(41(38,39)24-10-8-23(29)9-11-24)19(2)27(37)33-18-20-16-25(21-4-6-22(7-5-21)28(30,31)32)34-26(17-20)35-12-14-40-15-13-35/h4-11,16-17H,2-3,12-15,18H2,1H3,(H,33,37). The second-order valence-electron chi connectivity index (χ2n) is 9.15. The van der Waals surface area contributed by atoms with Gasteiger partial charge in [0.25, 0.3) is 15.9 Å². The number of nitrogens with zero attached hydrogens (tertiary/aromatic N) is 3. The molecule has 0 bridgehead atoms. The molecule has 3 aromatic rings. The summed E-state index contributed by atoms with van der Waals surface area (Å²) in [7, 11) is -4.18. The van der Waals surface area contributed by atoms with Gasteiger partial charge in [0.1, 0.15) is 17.3 Å². The molecule has 1 saturated heterocycles. The number of sulfonamides is 1. The highest BCUT2D eigenvalue weighted by Crippen LogP contribution is 2.31.